The summed E-state index contributed by atoms with van der Waals surface area (Å²) in [6, 6.07) is 12.9. The maximum atomic E-state index is 6.51. The highest BCUT2D eigenvalue weighted by atomic mass is 35.5. The summed E-state index contributed by atoms with van der Waals surface area (Å²) in [5.74, 6) is 0.347. The quantitative estimate of drug-likeness (QED) is 0.599. The number of aromatic nitrogens is 1. The van der Waals surface area contributed by atoms with Crippen LogP contribution in [0.4, 0.5) is 0 Å². The van der Waals surface area contributed by atoms with Crippen molar-refractivity contribution in [1.29, 1.82) is 0 Å². The van der Waals surface area contributed by atoms with E-state index in [1.165, 1.54) is 21.4 Å². The molecule has 0 aliphatic carbocycles. The van der Waals surface area contributed by atoms with E-state index in [0.717, 1.165) is 34.0 Å². The van der Waals surface area contributed by atoms with Gasteiger partial charge in [-0.05, 0) is 48.4 Å². The topological polar surface area (TPSA) is 19.0 Å². The van der Waals surface area contributed by atoms with Gasteiger partial charge in [0.15, 0.2) is 3.95 Å². The molecule has 0 fully saturated rings. The monoisotopic (exact) mass is 360 g/mol. The Kier molecular flexibility index (Phi) is 4.01. The van der Waals surface area contributed by atoms with Crippen molar-refractivity contribution in [3.63, 3.8) is 0 Å². The molecule has 0 radical (unpaired) electrons. The maximum absolute atomic E-state index is 6.51. The molecule has 0 saturated carbocycles. The van der Waals surface area contributed by atoms with Crippen LogP contribution in [0.2, 0.25) is 5.02 Å². The second kappa shape index (κ2) is 6.02. The number of aromatic amines is 1. The largest absolute Gasteiger partial charge is 0.336 e. The minimum Gasteiger partial charge on any atom is -0.336 e. The molecule has 4 rings (SSSR count). The molecule has 0 bridgehead atoms. The van der Waals surface area contributed by atoms with Gasteiger partial charge in [-0.2, -0.15) is 0 Å². The van der Waals surface area contributed by atoms with Gasteiger partial charge in [-0.3, -0.25) is 0 Å². The van der Waals surface area contributed by atoms with Crippen molar-refractivity contribution in [2.45, 2.75) is 12.3 Å². The normalized spacial score (nSPS) is 18.8. The number of rotatable bonds is 1. The number of hydrogen-bond donors (Lipinski definition) is 1. The molecule has 1 aliphatic rings. The highest BCUT2D eigenvalue weighted by Gasteiger charge is 2.26. The van der Waals surface area contributed by atoms with Crippen LogP contribution in [-0.2, 0) is 6.42 Å². The number of halogens is 1. The van der Waals surface area contributed by atoms with Gasteiger partial charge >= 0.3 is 0 Å². The molecule has 2 aromatic carbocycles. The van der Waals surface area contributed by atoms with E-state index in [1.54, 1.807) is 11.3 Å². The second-order valence-electron chi connectivity index (χ2n) is 6.13. The number of fused-ring (bicyclic) bond motifs is 3. The van der Waals surface area contributed by atoms with Crippen LogP contribution >= 0.6 is 35.2 Å². The zero-order valence-electron chi connectivity index (χ0n) is 12.8. The first-order valence-electron chi connectivity index (χ1n) is 7.71. The standard InChI is InChI=1S/C18H17ClN2S2/c1-21-8-7-12-9-14(19)16-17(23-18(22)20-16)15(12)13(10-21)11-5-3-2-4-6-11/h2-6,9,13H,7-8,10H2,1H3,(H,20,22)/t13-/m1/s1. The summed E-state index contributed by atoms with van der Waals surface area (Å²) in [5.41, 5.74) is 5.10. The van der Waals surface area contributed by atoms with Crippen LogP contribution < -0.4 is 0 Å². The smallest absolute Gasteiger partial charge is 0.159 e. The van der Waals surface area contributed by atoms with Crippen LogP contribution in [-0.4, -0.2) is 30.0 Å². The van der Waals surface area contributed by atoms with Crippen molar-refractivity contribution in [2.24, 2.45) is 0 Å². The Morgan fingerprint density at radius 2 is 2.09 bits per heavy atom. The minimum atomic E-state index is 0.347. The third kappa shape index (κ3) is 2.74. The summed E-state index contributed by atoms with van der Waals surface area (Å²) < 4.78 is 2.02. The Labute approximate surface area is 149 Å². The number of nitrogens with zero attached hydrogens (tertiary/aromatic N) is 1. The lowest BCUT2D eigenvalue weighted by Gasteiger charge is -2.22. The molecule has 118 valence electrons. The third-order valence-electron chi connectivity index (χ3n) is 4.59. The van der Waals surface area contributed by atoms with Crippen molar-refractivity contribution in [2.75, 3.05) is 20.1 Å². The summed E-state index contributed by atoms with van der Waals surface area (Å²) in [6.45, 7) is 2.06. The molecule has 1 aromatic heterocycles. The molecule has 2 heterocycles. The average Bonchev–Trinajstić information content (AvgIpc) is 2.86. The van der Waals surface area contributed by atoms with Gasteiger partial charge in [-0.15, -0.1) is 11.3 Å². The fourth-order valence-corrected chi connectivity index (χ4v) is 5.15. The molecule has 3 aromatic rings. The van der Waals surface area contributed by atoms with Crippen LogP contribution in [0.5, 0.6) is 0 Å². The molecule has 1 aliphatic heterocycles. The number of nitrogens with one attached hydrogen (secondary N) is 1. The molecule has 0 unspecified atom stereocenters. The number of hydrogen-bond acceptors (Lipinski definition) is 3. The lowest BCUT2D eigenvalue weighted by molar-refractivity contribution is 0.338. The Hall–Kier alpha value is -1.20. The van der Waals surface area contributed by atoms with Gasteiger partial charge in [0.25, 0.3) is 0 Å². The van der Waals surface area contributed by atoms with Crippen molar-refractivity contribution in [3.8, 4) is 0 Å². The Morgan fingerprint density at radius 3 is 2.87 bits per heavy atom. The fraction of sp³-hybridized carbons (Fsp3) is 0.278. The van der Waals surface area contributed by atoms with Gasteiger partial charge in [-0.1, -0.05) is 41.9 Å². The Balaban J connectivity index is 2.02. The summed E-state index contributed by atoms with van der Waals surface area (Å²) in [4.78, 5) is 5.67. The summed E-state index contributed by atoms with van der Waals surface area (Å²) in [7, 11) is 2.19. The number of likely N-dealkylation sites (N-methyl/N-ethyl adjacent to an activating group) is 1. The highest BCUT2D eigenvalue weighted by Crippen LogP contribution is 2.40. The van der Waals surface area contributed by atoms with Crippen LogP contribution in [0.3, 0.4) is 0 Å². The lowest BCUT2D eigenvalue weighted by Crippen LogP contribution is -2.24. The minimum absolute atomic E-state index is 0.347. The van der Waals surface area contributed by atoms with Gasteiger partial charge < -0.3 is 9.88 Å². The molecule has 2 nitrogen and oxygen atoms in total. The molecule has 1 atom stereocenters. The average molecular weight is 361 g/mol. The van der Waals surface area contributed by atoms with Gasteiger partial charge in [0.1, 0.15) is 0 Å². The Bertz CT molecular complexity index is 914. The van der Waals surface area contributed by atoms with Gasteiger partial charge in [0.05, 0.1) is 15.2 Å². The van der Waals surface area contributed by atoms with Crippen LogP contribution in [0.15, 0.2) is 36.4 Å². The molecule has 0 saturated heterocycles. The van der Waals surface area contributed by atoms with E-state index >= 15 is 0 Å². The molecule has 5 heteroatoms. The maximum Gasteiger partial charge on any atom is 0.159 e. The van der Waals surface area contributed by atoms with Crippen molar-refractivity contribution >= 4 is 45.4 Å². The van der Waals surface area contributed by atoms with Gasteiger partial charge in [0.2, 0.25) is 0 Å². The predicted octanol–water partition coefficient (Wildman–Crippen LogP) is 5.23. The molecule has 0 amide bonds. The predicted molar refractivity (Wildman–Crippen MR) is 102 cm³/mol. The van der Waals surface area contributed by atoms with Crippen LogP contribution in [0.1, 0.15) is 22.6 Å². The summed E-state index contributed by atoms with van der Waals surface area (Å²) in [5, 5.41) is 0.780. The zero-order valence-corrected chi connectivity index (χ0v) is 15.2. The second-order valence-corrected chi connectivity index (χ2v) is 8.22. The zero-order chi connectivity index (χ0) is 16.0. The van der Waals surface area contributed by atoms with Crippen LogP contribution in [0.25, 0.3) is 10.2 Å². The van der Waals surface area contributed by atoms with Gasteiger partial charge in [-0.25, -0.2) is 0 Å². The fourth-order valence-electron chi connectivity index (χ4n) is 3.49. The van der Waals surface area contributed by atoms with Crippen molar-refractivity contribution in [1.82, 2.24) is 9.88 Å². The van der Waals surface area contributed by atoms with E-state index in [9.17, 15) is 0 Å². The third-order valence-corrected chi connectivity index (χ3v) is 6.15. The molecule has 0 spiro atoms. The lowest BCUT2D eigenvalue weighted by atomic mass is 9.88. The first kappa shape index (κ1) is 15.3. The summed E-state index contributed by atoms with van der Waals surface area (Å²) >= 11 is 13.5. The number of benzene rings is 2. The van der Waals surface area contributed by atoms with E-state index in [0.29, 0.717) is 5.92 Å². The Morgan fingerprint density at radius 1 is 1.30 bits per heavy atom. The first-order chi connectivity index (χ1) is 11.1. The SMILES string of the molecule is CN1CCc2cc(Cl)c3[nH]c(=S)sc3c2[C@@H](c2ccccc2)C1. The summed E-state index contributed by atoms with van der Waals surface area (Å²) in [6.07, 6.45) is 1.02. The van der Waals surface area contributed by atoms with E-state index in [2.05, 4.69) is 53.3 Å². The van der Waals surface area contributed by atoms with E-state index < -0.39 is 0 Å². The van der Waals surface area contributed by atoms with E-state index in [4.69, 9.17) is 23.8 Å². The van der Waals surface area contributed by atoms with Crippen molar-refractivity contribution < 1.29 is 0 Å². The molecular formula is C18H17ClN2S2. The molecule has 1 N–H and O–H groups in total. The number of H-pyrrole nitrogens is 1. The first-order valence-corrected chi connectivity index (χ1v) is 9.31. The van der Waals surface area contributed by atoms with E-state index in [1.807, 2.05) is 0 Å². The van der Waals surface area contributed by atoms with E-state index in [-0.39, 0.29) is 0 Å². The van der Waals surface area contributed by atoms with Crippen LogP contribution in [0, 0.1) is 3.95 Å². The molecule has 23 heavy (non-hydrogen) atoms. The molecular weight excluding hydrogens is 344 g/mol. The van der Waals surface area contributed by atoms with Crippen molar-refractivity contribution in [3.05, 3.63) is 62.1 Å². The highest BCUT2D eigenvalue weighted by molar-refractivity contribution is 7.73. The number of thiazole rings is 1. The van der Waals surface area contributed by atoms with Gasteiger partial charge in [0, 0.05) is 19.0 Å².